The fourth-order valence-corrected chi connectivity index (χ4v) is 5.51. The molecule has 0 radical (unpaired) electrons. The molecule has 0 aliphatic carbocycles. The lowest BCUT2D eigenvalue weighted by atomic mass is 10.1. The van der Waals surface area contributed by atoms with Crippen LogP contribution in [0.1, 0.15) is 39.7 Å². The predicted molar refractivity (Wildman–Crippen MR) is 159 cm³/mol. The summed E-state index contributed by atoms with van der Waals surface area (Å²) in [4.78, 5) is 28.5. The lowest BCUT2D eigenvalue weighted by Crippen LogP contribution is -2.52. The van der Waals surface area contributed by atoms with Gasteiger partial charge in [0.25, 0.3) is 10.0 Å². The highest BCUT2D eigenvalue weighted by Gasteiger charge is 2.32. The maximum Gasteiger partial charge on any atom is 0.264 e. The average Bonchev–Trinajstić information content (AvgIpc) is 2.99. The Bertz CT molecular complexity index is 1380. The Morgan fingerprint density at radius 2 is 1.49 bits per heavy atom. The van der Waals surface area contributed by atoms with Crippen molar-refractivity contribution in [2.45, 2.75) is 57.6 Å². The molecule has 0 aliphatic heterocycles. The van der Waals surface area contributed by atoms with Crippen LogP contribution in [0.15, 0.2) is 83.8 Å². The molecular formula is C31H39N3O6S. The van der Waals surface area contributed by atoms with Crippen LogP contribution in [0, 0.1) is 0 Å². The number of para-hydroxylation sites is 1. The number of rotatable bonds is 14. The number of hydrogen-bond acceptors (Lipinski definition) is 6. The van der Waals surface area contributed by atoms with Crippen molar-refractivity contribution in [3.05, 3.63) is 84.4 Å². The number of hydrogen-bond donors (Lipinski definition) is 1. The fourth-order valence-electron chi connectivity index (χ4n) is 4.10. The Kier molecular flexibility index (Phi) is 11.2. The third-order valence-electron chi connectivity index (χ3n) is 6.73. The van der Waals surface area contributed by atoms with E-state index in [1.807, 2.05) is 32.9 Å². The zero-order valence-corrected chi connectivity index (χ0v) is 25.1. The number of carbonyl (C=O) groups is 2. The van der Waals surface area contributed by atoms with E-state index in [0.29, 0.717) is 23.8 Å². The van der Waals surface area contributed by atoms with Crippen molar-refractivity contribution >= 4 is 27.5 Å². The molecule has 0 saturated heterocycles. The highest BCUT2D eigenvalue weighted by atomic mass is 32.2. The maximum atomic E-state index is 14.0. The van der Waals surface area contributed by atoms with Crippen LogP contribution in [0.5, 0.6) is 11.5 Å². The molecule has 1 N–H and O–H groups in total. The molecule has 10 heteroatoms. The van der Waals surface area contributed by atoms with E-state index in [4.69, 9.17) is 9.47 Å². The first-order valence-corrected chi connectivity index (χ1v) is 15.1. The molecule has 0 fully saturated rings. The van der Waals surface area contributed by atoms with Crippen LogP contribution in [-0.2, 0) is 26.2 Å². The summed E-state index contributed by atoms with van der Waals surface area (Å²) >= 11 is 0. The van der Waals surface area contributed by atoms with Gasteiger partial charge in [-0.15, -0.1) is 0 Å². The minimum Gasteiger partial charge on any atom is -0.497 e. The lowest BCUT2D eigenvalue weighted by Gasteiger charge is -2.32. The zero-order valence-electron chi connectivity index (χ0n) is 24.2. The van der Waals surface area contributed by atoms with Gasteiger partial charge in [-0.2, -0.15) is 0 Å². The van der Waals surface area contributed by atoms with Gasteiger partial charge in [0, 0.05) is 12.6 Å². The molecule has 0 aromatic heterocycles. The van der Waals surface area contributed by atoms with Gasteiger partial charge in [0.05, 0.1) is 24.3 Å². The van der Waals surface area contributed by atoms with E-state index in [9.17, 15) is 18.0 Å². The Labute approximate surface area is 243 Å². The van der Waals surface area contributed by atoms with Gasteiger partial charge in [0.2, 0.25) is 11.8 Å². The molecule has 9 nitrogen and oxygen atoms in total. The highest BCUT2D eigenvalue weighted by Crippen LogP contribution is 2.26. The molecule has 220 valence electrons. The van der Waals surface area contributed by atoms with Gasteiger partial charge < -0.3 is 19.7 Å². The van der Waals surface area contributed by atoms with E-state index in [0.717, 1.165) is 16.3 Å². The third-order valence-corrected chi connectivity index (χ3v) is 8.51. The van der Waals surface area contributed by atoms with Gasteiger partial charge in [-0.05, 0) is 81.3 Å². The SMILES string of the molecule is CCOc1ccc(S(=O)(=O)N(CC(=O)N(Cc2ccc(OC)cc2)[C@H](C)C(=O)N[C@@H](C)CC)c2ccccc2)cc1. The molecule has 2 amide bonds. The Hall–Kier alpha value is -4.05. The van der Waals surface area contributed by atoms with Crippen LogP contribution in [0.3, 0.4) is 0 Å². The number of ether oxygens (including phenoxy) is 2. The molecule has 3 rings (SSSR count). The molecule has 2 atom stereocenters. The Balaban J connectivity index is 1.98. The van der Waals surface area contributed by atoms with Crippen molar-refractivity contribution in [3.8, 4) is 11.5 Å². The number of methoxy groups -OCH3 is 1. The first kappa shape index (κ1) is 31.5. The molecule has 0 unspecified atom stereocenters. The van der Waals surface area contributed by atoms with Gasteiger partial charge >= 0.3 is 0 Å². The largest absolute Gasteiger partial charge is 0.497 e. The standard InChI is InChI=1S/C31H39N3O6S/c1-6-23(3)32-31(36)24(4)33(21-25-13-15-27(39-5)16-14-25)30(35)22-34(26-11-9-8-10-12-26)41(37,38)29-19-17-28(18-20-29)40-7-2/h8-20,23-24H,6-7,21-22H2,1-5H3,(H,32,36)/t23-,24+/m0/s1. The quantitative estimate of drug-likeness (QED) is 0.298. The molecule has 0 aliphatic rings. The van der Waals surface area contributed by atoms with Crippen LogP contribution >= 0.6 is 0 Å². The summed E-state index contributed by atoms with van der Waals surface area (Å²) in [6, 6.07) is 20.7. The van der Waals surface area contributed by atoms with Gasteiger partial charge in [-0.3, -0.25) is 13.9 Å². The van der Waals surface area contributed by atoms with Crippen LogP contribution in [0.2, 0.25) is 0 Å². The molecule has 3 aromatic rings. The summed E-state index contributed by atoms with van der Waals surface area (Å²) < 4.78 is 39.6. The average molecular weight is 582 g/mol. The smallest absolute Gasteiger partial charge is 0.264 e. The van der Waals surface area contributed by atoms with Crippen molar-refractivity contribution in [2.24, 2.45) is 0 Å². The normalized spacial score (nSPS) is 12.6. The predicted octanol–water partition coefficient (Wildman–Crippen LogP) is 4.62. The van der Waals surface area contributed by atoms with Gasteiger partial charge in [0.15, 0.2) is 0 Å². The number of sulfonamides is 1. The molecule has 0 spiro atoms. The van der Waals surface area contributed by atoms with Crippen LogP contribution in [-0.4, -0.2) is 57.5 Å². The van der Waals surface area contributed by atoms with E-state index < -0.39 is 28.5 Å². The van der Waals surface area contributed by atoms with E-state index in [2.05, 4.69) is 5.32 Å². The first-order chi connectivity index (χ1) is 19.6. The first-order valence-electron chi connectivity index (χ1n) is 13.6. The Morgan fingerprint density at radius 3 is 2.05 bits per heavy atom. The number of nitrogens with one attached hydrogen (secondary N) is 1. The molecule has 0 saturated carbocycles. The number of nitrogens with zero attached hydrogens (tertiary/aromatic N) is 2. The number of anilines is 1. The van der Waals surface area contributed by atoms with Crippen molar-refractivity contribution < 1.29 is 27.5 Å². The summed E-state index contributed by atoms with van der Waals surface area (Å²) in [6.45, 7) is 7.38. The van der Waals surface area contributed by atoms with Crippen molar-refractivity contribution in [1.29, 1.82) is 0 Å². The molecule has 0 bridgehead atoms. The minimum absolute atomic E-state index is 0.0156. The monoisotopic (exact) mass is 581 g/mol. The van der Waals surface area contributed by atoms with Crippen LogP contribution in [0.25, 0.3) is 0 Å². The second-order valence-corrected chi connectivity index (χ2v) is 11.5. The highest BCUT2D eigenvalue weighted by molar-refractivity contribution is 7.92. The topological polar surface area (TPSA) is 105 Å². The van der Waals surface area contributed by atoms with Gasteiger partial charge in [-0.1, -0.05) is 37.3 Å². The number of amides is 2. The number of benzene rings is 3. The van der Waals surface area contributed by atoms with E-state index in [1.54, 1.807) is 68.6 Å². The second-order valence-electron chi connectivity index (χ2n) is 9.62. The summed E-state index contributed by atoms with van der Waals surface area (Å²) in [5.74, 6) is 0.360. The molecular weight excluding hydrogens is 542 g/mol. The summed E-state index contributed by atoms with van der Waals surface area (Å²) in [5.41, 5.74) is 1.10. The van der Waals surface area contributed by atoms with Gasteiger partial charge in [-0.25, -0.2) is 8.42 Å². The lowest BCUT2D eigenvalue weighted by molar-refractivity contribution is -0.139. The van der Waals surface area contributed by atoms with Crippen molar-refractivity contribution in [2.75, 3.05) is 24.6 Å². The van der Waals surface area contributed by atoms with E-state index >= 15 is 0 Å². The van der Waals surface area contributed by atoms with E-state index in [-0.39, 0.29) is 23.4 Å². The minimum atomic E-state index is -4.15. The van der Waals surface area contributed by atoms with E-state index in [1.165, 1.54) is 17.0 Å². The zero-order chi connectivity index (χ0) is 30.0. The van der Waals surface area contributed by atoms with Crippen molar-refractivity contribution in [1.82, 2.24) is 10.2 Å². The van der Waals surface area contributed by atoms with Crippen LogP contribution < -0.4 is 19.1 Å². The second kappa shape index (κ2) is 14.5. The Morgan fingerprint density at radius 1 is 0.878 bits per heavy atom. The molecule has 41 heavy (non-hydrogen) atoms. The maximum absolute atomic E-state index is 14.0. The summed E-state index contributed by atoms with van der Waals surface area (Å²) in [5, 5.41) is 2.93. The molecule has 0 heterocycles. The molecule has 3 aromatic carbocycles. The van der Waals surface area contributed by atoms with Crippen molar-refractivity contribution in [3.63, 3.8) is 0 Å². The summed E-state index contributed by atoms with van der Waals surface area (Å²) in [7, 11) is -2.59. The summed E-state index contributed by atoms with van der Waals surface area (Å²) in [6.07, 6.45) is 0.729. The fraction of sp³-hybridized carbons (Fsp3) is 0.355. The third kappa shape index (κ3) is 8.23. The van der Waals surface area contributed by atoms with Crippen LogP contribution in [0.4, 0.5) is 5.69 Å². The van der Waals surface area contributed by atoms with Gasteiger partial charge in [0.1, 0.15) is 24.1 Å². The number of carbonyl (C=O) groups excluding carboxylic acids is 2.